The van der Waals surface area contributed by atoms with Crippen LogP contribution in [0.4, 0.5) is 11.4 Å². The molecule has 0 fully saturated rings. The van der Waals surface area contributed by atoms with Crippen molar-refractivity contribution in [2.75, 3.05) is 10.6 Å². The van der Waals surface area contributed by atoms with Crippen LogP contribution in [0.15, 0.2) is 42.7 Å². The first-order valence-corrected chi connectivity index (χ1v) is 8.29. The topological polar surface area (TPSA) is 93.8 Å². The second kappa shape index (κ2) is 7.40. The molecule has 2 heterocycles. The maximum atomic E-state index is 12.4. The summed E-state index contributed by atoms with van der Waals surface area (Å²) in [6.07, 6.45) is 3.13. The first-order valence-electron chi connectivity index (χ1n) is 7.91. The molecule has 9 heteroatoms. The molecule has 3 aromatic rings. The van der Waals surface area contributed by atoms with Crippen molar-refractivity contribution in [3.05, 3.63) is 59.1 Å². The van der Waals surface area contributed by atoms with Crippen LogP contribution < -0.4 is 10.6 Å². The normalized spacial score (nSPS) is 10.6. The summed E-state index contributed by atoms with van der Waals surface area (Å²) in [6, 6.07) is 8.38. The van der Waals surface area contributed by atoms with Gasteiger partial charge in [0, 0.05) is 31.2 Å². The predicted octanol–water partition coefficient (Wildman–Crippen LogP) is 2.79. The third-order valence-electron chi connectivity index (χ3n) is 3.66. The zero-order valence-electron chi connectivity index (χ0n) is 14.2. The molecule has 0 aliphatic carbocycles. The standard InChI is InChI=1S/C17H17ClN6O2/c1-3-24-15(13(18)10-19-24)17(26)21-12-6-4-11(5-7-12)20-16(25)14-8-9-23(2)22-14/h4-10H,3H2,1-2H3,(H,20,25)(H,21,26). The van der Waals surface area contributed by atoms with E-state index in [-0.39, 0.29) is 11.8 Å². The van der Waals surface area contributed by atoms with Gasteiger partial charge in [0.05, 0.1) is 11.2 Å². The molecule has 0 bridgehead atoms. The van der Waals surface area contributed by atoms with Crippen LogP contribution in [0.1, 0.15) is 27.9 Å². The molecule has 26 heavy (non-hydrogen) atoms. The molecule has 0 atom stereocenters. The van der Waals surface area contributed by atoms with Crippen molar-refractivity contribution in [2.45, 2.75) is 13.5 Å². The lowest BCUT2D eigenvalue weighted by molar-refractivity contribution is 0.101. The van der Waals surface area contributed by atoms with Gasteiger partial charge in [-0.25, -0.2) is 0 Å². The highest BCUT2D eigenvalue weighted by Gasteiger charge is 2.17. The van der Waals surface area contributed by atoms with E-state index in [4.69, 9.17) is 11.6 Å². The van der Waals surface area contributed by atoms with E-state index < -0.39 is 0 Å². The van der Waals surface area contributed by atoms with Gasteiger partial charge < -0.3 is 10.6 Å². The van der Waals surface area contributed by atoms with E-state index >= 15 is 0 Å². The lowest BCUT2D eigenvalue weighted by atomic mass is 10.2. The molecule has 1 aromatic carbocycles. The molecule has 8 nitrogen and oxygen atoms in total. The summed E-state index contributed by atoms with van der Waals surface area (Å²) in [6.45, 7) is 2.41. The number of benzene rings is 1. The van der Waals surface area contributed by atoms with Gasteiger partial charge in [-0.3, -0.25) is 19.0 Å². The summed E-state index contributed by atoms with van der Waals surface area (Å²) in [5, 5.41) is 13.9. The van der Waals surface area contributed by atoms with Crippen LogP contribution in [0, 0.1) is 0 Å². The fraction of sp³-hybridized carbons (Fsp3) is 0.176. The minimum absolute atomic E-state index is 0.295. The number of aryl methyl sites for hydroxylation is 2. The molecule has 134 valence electrons. The predicted molar refractivity (Wildman–Crippen MR) is 98.5 cm³/mol. The number of nitrogens with one attached hydrogen (secondary N) is 2. The van der Waals surface area contributed by atoms with Gasteiger partial charge in [-0.15, -0.1) is 0 Å². The van der Waals surface area contributed by atoms with Gasteiger partial charge in [0.25, 0.3) is 11.8 Å². The Balaban J connectivity index is 1.67. The van der Waals surface area contributed by atoms with Crippen molar-refractivity contribution in [3.8, 4) is 0 Å². The molecule has 0 spiro atoms. The number of carbonyl (C=O) groups excluding carboxylic acids is 2. The van der Waals surface area contributed by atoms with E-state index in [0.29, 0.717) is 34.3 Å². The summed E-state index contributed by atoms with van der Waals surface area (Å²) in [5.74, 6) is -0.652. The van der Waals surface area contributed by atoms with Gasteiger partial charge in [-0.1, -0.05) is 11.6 Å². The Labute approximate surface area is 154 Å². The monoisotopic (exact) mass is 372 g/mol. The summed E-state index contributed by atoms with van der Waals surface area (Å²) in [7, 11) is 1.74. The molecular formula is C17H17ClN6O2. The number of hydrogen-bond acceptors (Lipinski definition) is 4. The molecule has 0 aliphatic heterocycles. The number of halogens is 1. The zero-order valence-corrected chi connectivity index (χ0v) is 15.0. The summed E-state index contributed by atoms with van der Waals surface area (Å²) in [5.41, 5.74) is 1.80. The molecule has 0 unspecified atom stereocenters. The van der Waals surface area contributed by atoms with Crippen LogP contribution >= 0.6 is 11.6 Å². The summed E-state index contributed by atoms with van der Waals surface area (Å²) < 4.78 is 3.08. The van der Waals surface area contributed by atoms with Gasteiger partial charge in [0.1, 0.15) is 5.69 Å². The Kier molecular flexibility index (Phi) is 5.04. The molecule has 0 saturated heterocycles. The fourth-order valence-corrected chi connectivity index (χ4v) is 2.61. The van der Waals surface area contributed by atoms with Crippen LogP contribution in [-0.4, -0.2) is 31.4 Å². The first kappa shape index (κ1) is 17.7. The Hall–Kier alpha value is -3.13. The molecule has 2 amide bonds. The average Bonchev–Trinajstić information content (AvgIpc) is 3.22. The minimum Gasteiger partial charge on any atom is -0.321 e. The number of nitrogens with zero attached hydrogens (tertiary/aromatic N) is 4. The Morgan fingerprint density at radius 2 is 1.69 bits per heavy atom. The SMILES string of the molecule is CCn1ncc(Cl)c1C(=O)Nc1ccc(NC(=O)c2ccn(C)n2)cc1. The quantitative estimate of drug-likeness (QED) is 0.720. The lowest BCUT2D eigenvalue weighted by Crippen LogP contribution is -2.18. The van der Waals surface area contributed by atoms with Crippen molar-refractivity contribution in [1.29, 1.82) is 0 Å². The number of hydrogen-bond donors (Lipinski definition) is 2. The first-order chi connectivity index (χ1) is 12.5. The number of anilines is 2. The van der Waals surface area contributed by atoms with Crippen molar-refractivity contribution >= 4 is 34.8 Å². The third-order valence-corrected chi connectivity index (χ3v) is 3.93. The van der Waals surface area contributed by atoms with Crippen molar-refractivity contribution in [1.82, 2.24) is 19.6 Å². The molecule has 0 radical (unpaired) electrons. The maximum absolute atomic E-state index is 12.4. The van der Waals surface area contributed by atoms with Crippen molar-refractivity contribution in [3.63, 3.8) is 0 Å². The largest absolute Gasteiger partial charge is 0.321 e. The van der Waals surface area contributed by atoms with Gasteiger partial charge in [0.15, 0.2) is 5.69 Å². The van der Waals surface area contributed by atoms with Crippen LogP contribution in [0.5, 0.6) is 0 Å². The third kappa shape index (κ3) is 3.75. The zero-order chi connectivity index (χ0) is 18.7. The van der Waals surface area contributed by atoms with Gasteiger partial charge in [-0.2, -0.15) is 10.2 Å². The summed E-state index contributed by atoms with van der Waals surface area (Å²) in [4.78, 5) is 24.5. The highest BCUT2D eigenvalue weighted by Crippen LogP contribution is 2.19. The molecule has 2 N–H and O–H groups in total. The van der Waals surface area contributed by atoms with E-state index in [2.05, 4.69) is 20.8 Å². The van der Waals surface area contributed by atoms with Crippen LogP contribution in [0.3, 0.4) is 0 Å². The van der Waals surface area contributed by atoms with E-state index in [1.165, 1.54) is 10.9 Å². The van der Waals surface area contributed by atoms with Crippen molar-refractivity contribution < 1.29 is 9.59 Å². The Morgan fingerprint density at radius 1 is 1.08 bits per heavy atom. The van der Waals surface area contributed by atoms with E-state index in [1.54, 1.807) is 48.3 Å². The van der Waals surface area contributed by atoms with Crippen LogP contribution in [0.25, 0.3) is 0 Å². The molecule has 0 saturated carbocycles. The second-order valence-corrected chi connectivity index (χ2v) is 5.92. The van der Waals surface area contributed by atoms with Gasteiger partial charge in [0.2, 0.25) is 0 Å². The van der Waals surface area contributed by atoms with E-state index in [1.807, 2.05) is 6.92 Å². The molecule has 3 rings (SSSR count). The number of amides is 2. The fourth-order valence-electron chi connectivity index (χ4n) is 2.39. The van der Waals surface area contributed by atoms with Gasteiger partial charge in [-0.05, 0) is 37.3 Å². The van der Waals surface area contributed by atoms with Crippen LogP contribution in [-0.2, 0) is 13.6 Å². The maximum Gasteiger partial charge on any atom is 0.276 e. The smallest absolute Gasteiger partial charge is 0.276 e. The number of rotatable bonds is 5. The number of aromatic nitrogens is 4. The molecule has 0 aliphatic rings. The van der Waals surface area contributed by atoms with E-state index in [9.17, 15) is 9.59 Å². The Morgan fingerprint density at radius 3 is 2.23 bits per heavy atom. The van der Waals surface area contributed by atoms with Crippen LogP contribution in [0.2, 0.25) is 5.02 Å². The van der Waals surface area contributed by atoms with Crippen molar-refractivity contribution in [2.24, 2.45) is 7.05 Å². The lowest BCUT2D eigenvalue weighted by Gasteiger charge is -2.09. The summed E-state index contributed by atoms with van der Waals surface area (Å²) >= 11 is 6.03. The average molecular weight is 373 g/mol. The van der Waals surface area contributed by atoms with E-state index in [0.717, 1.165) is 0 Å². The highest BCUT2D eigenvalue weighted by molar-refractivity contribution is 6.34. The highest BCUT2D eigenvalue weighted by atomic mass is 35.5. The Bertz CT molecular complexity index is 945. The molecular weight excluding hydrogens is 356 g/mol. The minimum atomic E-state index is -0.348. The number of carbonyl (C=O) groups is 2. The molecule has 2 aromatic heterocycles. The van der Waals surface area contributed by atoms with Gasteiger partial charge >= 0.3 is 0 Å². The second-order valence-electron chi connectivity index (χ2n) is 5.52.